The normalized spacial score (nSPS) is 13.1. The molecule has 0 fully saturated rings. The smallest absolute Gasteiger partial charge is 0.335 e. The van der Waals surface area contributed by atoms with Gasteiger partial charge in [-0.15, -0.1) is 10.2 Å². The van der Waals surface area contributed by atoms with Crippen LogP contribution in [0.1, 0.15) is 15.4 Å². The minimum absolute atomic E-state index is 0.0132. The van der Waals surface area contributed by atoms with Crippen molar-refractivity contribution in [1.82, 2.24) is 10.2 Å². The van der Waals surface area contributed by atoms with Crippen molar-refractivity contribution in [2.24, 2.45) is 0 Å². The highest BCUT2D eigenvalue weighted by Gasteiger charge is 2.28. The molecule has 1 aliphatic rings. The van der Waals surface area contributed by atoms with Crippen LogP contribution in [0.3, 0.4) is 0 Å². The van der Waals surface area contributed by atoms with E-state index in [-0.39, 0.29) is 36.1 Å². The van der Waals surface area contributed by atoms with Crippen LogP contribution in [0.4, 0.5) is 10.8 Å². The van der Waals surface area contributed by atoms with Crippen LogP contribution in [0.25, 0.3) is 0 Å². The van der Waals surface area contributed by atoms with Gasteiger partial charge in [0.15, 0.2) is 6.61 Å². The quantitative estimate of drug-likeness (QED) is 0.753. The first-order chi connectivity index (χ1) is 12.5. The molecule has 11 heteroatoms. The molecule has 1 aliphatic heterocycles. The number of carbonyl (C=O) groups excluding carboxylic acids is 2. The van der Waals surface area contributed by atoms with Gasteiger partial charge in [0.1, 0.15) is 23.9 Å². The molecule has 10 nitrogen and oxygen atoms in total. The lowest BCUT2D eigenvalue weighted by Crippen LogP contribution is -2.43. The first-order valence-corrected chi connectivity index (χ1v) is 8.21. The Kier molecular flexibility index (Phi) is 5.09. The Morgan fingerprint density at radius 1 is 1.42 bits per heavy atom. The van der Waals surface area contributed by atoms with Crippen molar-refractivity contribution >= 4 is 39.9 Å². The maximum atomic E-state index is 12.3. The number of hydrogen-bond donors (Lipinski definition) is 2. The van der Waals surface area contributed by atoms with Crippen LogP contribution in [-0.4, -0.2) is 53.3 Å². The van der Waals surface area contributed by atoms with E-state index < -0.39 is 17.8 Å². The largest absolute Gasteiger partial charge is 0.482 e. The molecule has 0 saturated carbocycles. The zero-order chi connectivity index (χ0) is 18.7. The first kappa shape index (κ1) is 17.8. The van der Waals surface area contributed by atoms with E-state index in [9.17, 15) is 14.4 Å². The number of nitrogens with one attached hydrogen (secondary N) is 1. The first-order valence-electron chi connectivity index (χ1n) is 7.39. The van der Waals surface area contributed by atoms with Crippen LogP contribution in [-0.2, 0) is 20.9 Å². The van der Waals surface area contributed by atoms with E-state index in [1.54, 1.807) is 0 Å². The molecule has 1 aromatic carbocycles. The molecule has 2 amide bonds. The molecule has 0 unspecified atom stereocenters. The lowest BCUT2D eigenvalue weighted by atomic mass is 10.1. The number of aromatic carboxylic acids is 1. The van der Waals surface area contributed by atoms with Crippen molar-refractivity contribution in [1.29, 1.82) is 0 Å². The number of methoxy groups -OCH3 is 1. The number of nitrogens with zero attached hydrogens (tertiary/aromatic N) is 3. The lowest BCUT2D eigenvalue weighted by Gasteiger charge is -2.28. The van der Waals surface area contributed by atoms with Gasteiger partial charge in [-0.1, -0.05) is 11.3 Å². The Morgan fingerprint density at radius 2 is 2.23 bits per heavy atom. The second-order valence-corrected chi connectivity index (χ2v) is 6.30. The molecular weight excluding hydrogens is 364 g/mol. The van der Waals surface area contributed by atoms with Crippen molar-refractivity contribution in [3.63, 3.8) is 0 Å². The third-order valence-corrected chi connectivity index (χ3v) is 4.24. The molecule has 0 bridgehead atoms. The zero-order valence-corrected chi connectivity index (χ0v) is 14.4. The van der Waals surface area contributed by atoms with E-state index in [0.717, 1.165) is 11.3 Å². The molecule has 0 aliphatic carbocycles. The Balaban J connectivity index is 1.76. The van der Waals surface area contributed by atoms with Crippen LogP contribution in [0, 0.1) is 0 Å². The highest BCUT2D eigenvalue weighted by atomic mass is 32.1. The number of aromatic nitrogens is 2. The fourth-order valence-corrected chi connectivity index (χ4v) is 3.02. The summed E-state index contributed by atoms with van der Waals surface area (Å²) in [6, 6.07) is 4.12. The average Bonchev–Trinajstić information content (AvgIpc) is 3.04. The van der Waals surface area contributed by atoms with Crippen molar-refractivity contribution < 1.29 is 29.0 Å². The maximum Gasteiger partial charge on any atom is 0.335 e. The maximum absolute atomic E-state index is 12.3. The third-order valence-electron chi connectivity index (χ3n) is 3.43. The van der Waals surface area contributed by atoms with E-state index >= 15 is 0 Å². The van der Waals surface area contributed by atoms with E-state index in [2.05, 4.69) is 15.5 Å². The molecule has 0 radical (unpaired) electrons. The summed E-state index contributed by atoms with van der Waals surface area (Å²) in [6.45, 7) is -0.262. The Bertz CT molecular complexity index is 868. The molecule has 26 heavy (non-hydrogen) atoms. The van der Waals surface area contributed by atoms with Gasteiger partial charge in [-0.05, 0) is 18.2 Å². The van der Waals surface area contributed by atoms with Gasteiger partial charge in [0.2, 0.25) is 11.0 Å². The number of fused-ring (bicyclic) bond motifs is 1. The summed E-state index contributed by atoms with van der Waals surface area (Å²) in [5, 5.41) is 20.2. The lowest BCUT2D eigenvalue weighted by molar-refractivity contribution is -0.123. The van der Waals surface area contributed by atoms with Gasteiger partial charge in [-0.25, -0.2) is 4.79 Å². The molecule has 0 saturated heterocycles. The van der Waals surface area contributed by atoms with Crippen LogP contribution in [0.5, 0.6) is 5.75 Å². The van der Waals surface area contributed by atoms with Gasteiger partial charge in [-0.3, -0.25) is 19.8 Å². The molecule has 3 rings (SSSR count). The topological polar surface area (TPSA) is 131 Å². The number of amides is 2. The molecule has 136 valence electrons. The monoisotopic (exact) mass is 378 g/mol. The summed E-state index contributed by atoms with van der Waals surface area (Å²) in [4.78, 5) is 36.7. The highest BCUT2D eigenvalue weighted by molar-refractivity contribution is 7.15. The minimum Gasteiger partial charge on any atom is -0.482 e. The third kappa shape index (κ3) is 3.78. The average molecular weight is 378 g/mol. The SMILES string of the molecule is COCc1nnc(NC(=O)CN2C(=O)COc3ccc(C(=O)O)cc32)s1. The van der Waals surface area contributed by atoms with Crippen molar-refractivity contribution in [2.45, 2.75) is 6.61 Å². The number of carbonyl (C=O) groups is 3. The molecular formula is C15H14N4O6S. The summed E-state index contributed by atoms with van der Waals surface area (Å²) in [5.74, 6) is -1.75. The fourth-order valence-electron chi connectivity index (χ4n) is 2.30. The number of hydrogen-bond acceptors (Lipinski definition) is 8. The van der Waals surface area contributed by atoms with Crippen molar-refractivity contribution in [2.75, 3.05) is 30.5 Å². The minimum atomic E-state index is -1.14. The number of carboxylic acid groups (broad SMARTS) is 1. The molecule has 2 N–H and O–H groups in total. The summed E-state index contributed by atoms with van der Waals surface area (Å²) in [7, 11) is 1.52. The Hall–Kier alpha value is -3.05. The van der Waals surface area contributed by atoms with Crippen LogP contribution < -0.4 is 15.0 Å². The molecule has 0 atom stereocenters. The predicted molar refractivity (Wildman–Crippen MR) is 90.5 cm³/mol. The van der Waals surface area contributed by atoms with Crippen LogP contribution in [0.2, 0.25) is 0 Å². The molecule has 1 aromatic heterocycles. The molecule has 2 heterocycles. The van der Waals surface area contributed by atoms with Gasteiger partial charge < -0.3 is 14.6 Å². The summed E-state index contributed by atoms with van der Waals surface area (Å²) in [5.41, 5.74) is 0.217. The van der Waals surface area contributed by atoms with Crippen molar-refractivity contribution in [3.05, 3.63) is 28.8 Å². The van der Waals surface area contributed by atoms with E-state index in [1.807, 2.05) is 0 Å². The van der Waals surface area contributed by atoms with Crippen LogP contribution in [0.15, 0.2) is 18.2 Å². The van der Waals surface area contributed by atoms with Crippen LogP contribution >= 0.6 is 11.3 Å². The highest BCUT2D eigenvalue weighted by Crippen LogP contribution is 2.33. The van der Waals surface area contributed by atoms with Gasteiger partial charge in [0.05, 0.1) is 11.3 Å². The number of carboxylic acids is 1. The summed E-state index contributed by atoms with van der Waals surface area (Å²) < 4.78 is 10.2. The predicted octanol–water partition coefficient (Wildman–Crippen LogP) is 0.747. The summed E-state index contributed by atoms with van der Waals surface area (Å²) in [6.07, 6.45) is 0. The van der Waals surface area contributed by atoms with Crippen molar-refractivity contribution in [3.8, 4) is 5.75 Å². The summed E-state index contributed by atoms with van der Waals surface area (Å²) >= 11 is 1.16. The number of anilines is 2. The number of ether oxygens (including phenoxy) is 2. The standard InChI is InChI=1S/C15H14N4O6S/c1-24-6-12-17-18-15(26-12)16-11(20)5-19-9-4-8(14(22)23)2-3-10(9)25-7-13(19)21/h2-4H,5-7H2,1H3,(H,22,23)(H,16,18,20). The van der Waals surface area contributed by atoms with Gasteiger partial charge in [-0.2, -0.15) is 0 Å². The van der Waals surface area contributed by atoms with Gasteiger partial charge in [0, 0.05) is 7.11 Å². The van der Waals surface area contributed by atoms with Gasteiger partial charge >= 0.3 is 5.97 Å². The second-order valence-electron chi connectivity index (χ2n) is 5.24. The second kappa shape index (κ2) is 7.45. The zero-order valence-electron chi connectivity index (χ0n) is 13.6. The Labute approximate surface area is 151 Å². The molecule has 2 aromatic rings. The Morgan fingerprint density at radius 3 is 2.96 bits per heavy atom. The molecule has 0 spiro atoms. The van der Waals surface area contributed by atoms with E-state index in [1.165, 1.54) is 30.2 Å². The van der Waals surface area contributed by atoms with Gasteiger partial charge in [0.25, 0.3) is 5.91 Å². The number of rotatable bonds is 6. The van der Waals surface area contributed by atoms with E-state index in [0.29, 0.717) is 10.8 Å². The van der Waals surface area contributed by atoms with E-state index in [4.69, 9.17) is 14.6 Å². The number of benzene rings is 1. The fraction of sp³-hybridized carbons (Fsp3) is 0.267.